The molecule has 23 heavy (non-hydrogen) atoms. The second kappa shape index (κ2) is 5.96. The molecule has 4 nitrogen and oxygen atoms in total. The quantitative estimate of drug-likeness (QED) is 0.734. The predicted octanol–water partition coefficient (Wildman–Crippen LogP) is 3.60. The van der Waals surface area contributed by atoms with E-state index in [9.17, 15) is 18.0 Å². The Morgan fingerprint density at radius 2 is 1.87 bits per heavy atom. The Morgan fingerprint density at radius 3 is 2.57 bits per heavy atom. The van der Waals surface area contributed by atoms with Gasteiger partial charge in [-0.2, -0.15) is 13.2 Å². The van der Waals surface area contributed by atoms with Crippen molar-refractivity contribution >= 4 is 11.3 Å². The van der Waals surface area contributed by atoms with E-state index in [1.165, 1.54) is 11.3 Å². The van der Waals surface area contributed by atoms with Gasteiger partial charge in [0.1, 0.15) is 6.54 Å². The summed E-state index contributed by atoms with van der Waals surface area (Å²) in [4.78, 5) is 16.2. The maximum atomic E-state index is 12.5. The molecule has 0 N–H and O–H groups in total. The third-order valence-electron chi connectivity index (χ3n) is 3.01. The summed E-state index contributed by atoms with van der Waals surface area (Å²) in [5, 5.41) is 5.46. The van der Waals surface area contributed by atoms with Gasteiger partial charge in [-0.3, -0.25) is 4.79 Å². The zero-order valence-corrected chi connectivity index (χ0v) is 12.4. The number of hydrogen-bond donors (Lipinski definition) is 0. The molecule has 0 amide bonds. The van der Waals surface area contributed by atoms with Crippen LogP contribution in [0.5, 0.6) is 0 Å². The van der Waals surface area contributed by atoms with Crippen LogP contribution in [0.4, 0.5) is 13.2 Å². The van der Waals surface area contributed by atoms with Crippen LogP contribution in [0.15, 0.2) is 52.8 Å². The number of thiophene rings is 1. The molecular formula is C15H10F3N3OS. The molecule has 0 radical (unpaired) electrons. The van der Waals surface area contributed by atoms with Crippen molar-refractivity contribution in [1.82, 2.24) is 14.8 Å². The Kier molecular flexibility index (Phi) is 3.99. The Balaban J connectivity index is 1.95. The van der Waals surface area contributed by atoms with E-state index in [4.69, 9.17) is 0 Å². The van der Waals surface area contributed by atoms with E-state index in [1.54, 1.807) is 11.4 Å². The third-order valence-corrected chi connectivity index (χ3v) is 3.99. The minimum atomic E-state index is -4.51. The van der Waals surface area contributed by atoms with Crippen molar-refractivity contribution in [3.63, 3.8) is 0 Å². The summed E-state index contributed by atoms with van der Waals surface area (Å²) in [5.41, 5.74) is 0.682. The van der Waals surface area contributed by atoms with Crippen LogP contribution < -0.4 is 5.56 Å². The van der Waals surface area contributed by atoms with Crippen molar-refractivity contribution in [2.75, 3.05) is 0 Å². The maximum Gasteiger partial charge on any atom is 0.408 e. The van der Waals surface area contributed by atoms with Crippen LogP contribution in [-0.4, -0.2) is 20.9 Å². The third kappa shape index (κ3) is 3.65. The van der Waals surface area contributed by atoms with Gasteiger partial charge in [0, 0.05) is 15.8 Å². The first-order valence-corrected chi connectivity index (χ1v) is 7.45. The summed E-state index contributed by atoms with van der Waals surface area (Å²) in [5.74, 6) is 0.0901. The summed E-state index contributed by atoms with van der Waals surface area (Å²) in [6, 6.07) is 11.3. The first-order chi connectivity index (χ1) is 10.9. The zero-order chi connectivity index (χ0) is 16.4. The van der Waals surface area contributed by atoms with E-state index in [0.29, 0.717) is 10.2 Å². The van der Waals surface area contributed by atoms with Crippen molar-refractivity contribution in [3.05, 3.63) is 58.3 Å². The molecule has 3 rings (SSSR count). The van der Waals surface area contributed by atoms with Crippen LogP contribution in [0.3, 0.4) is 0 Å². The van der Waals surface area contributed by atoms with Crippen LogP contribution in [0.2, 0.25) is 0 Å². The van der Waals surface area contributed by atoms with Gasteiger partial charge >= 0.3 is 6.18 Å². The van der Waals surface area contributed by atoms with Gasteiger partial charge in [0.15, 0.2) is 5.82 Å². The number of rotatable bonds is 3. The smallest absolute Gasteiger partial charge is 0.266 e. The van der Waals surface area contributed by atoms with E-state index in [1.807, 2.05) is 30.3 Å². The molecule has 0 atom stereocenters. The van der Waals surface area contributed by atoms with E-state index in [2.05, 4.69) is 10.1 Å². The van der Waals surface area contributed by atoms with Gasteiger partial charge in [-0.05, 0) is 11.6 Å². The van der Waals surface area contributed by atoms with Crippen LogP contribution in [0, 0.1) is 0 Å². The van der Waals surface area contributed by atoms with Crippen LogP contribution in [-0.2, 0) is 6.54 Å². The molecule has 8 heteroatoms. The Hall–Kier alpha value is -2.48. The molecule has 0 aliphatic heterocycles. The fraction of sp³-hybridized carbons (Fsp3) is 0.133. The number of alkyl halides is 3. The number of benzene rings is 1. The van der Waals surface area contributed by atoms with Crippen molar-refractivity contribution < 1.29 is 13.2 Å². The molecule has 1 aromatic carbocycles. The van der Waals surface area contributed by atoms with Crippen molar-refractivity contribution in [3.8, 4) is 21.8 Å². The van der Waals surface area contributed by atoms with Gasteiger partial charge in [0.25, 0.3) is 5.56 Å². The fourth-order valence-electron chi connectivity index (χ4n) is 2.00. The number of nitrogens with zero attached hydrogens (tertiary/aromatic N) is 3. The van der Waals surface area contributed by atoms with Crippen molar-refractivity contribution in [2.45, 2.75) is 12.7 Å². The van der Waals surface area contributed by atoms with Gasteiger partial charge < -0.3 is 0 Å². The first kappa shape index (κ1) is 15.4. The molecule has 0 spiro atoms. The molecule has 0 aliphatic rings. The lowest BCUT2D eigenvalue weighted by molar-refractivity contribution is -0.143. The summed E-state index contributed by atoms with van der Waals surface area (Å²) >= 11 is 1.43. The standard InChI is InChI=1S/C15H10F3N3OS/c16-15(17,18)9-21-13(22)7-19-14(20-21)11-6-12(23-8-11)10-4-2-1-3-5-10/h1-8H,9H2. The lowest BCUT2D eigenvalue weighted by Crippen LogP contribution is -2.30. The summed E-state index contributed by atoms with van der Waals surface area (Å²) < 4.78 is 37.8. The Bertz CT molecular complexity index is 871. The second-order valence-electron chi connectivity index (χ2n) is 4.76. The fourth-order valence-corrected chi connectivity index (χ4v) is 2.89. The summed E-state index contributed by atoms with van der Waals surface area (Å²) in [6.45, 7) is -1.43. The van der Waals surface area contributed by atoms with E-state index < -0.39 is 18.3 Å². The number of halogens is 3. The van der Waals surface area contributed by atoms with Crippen LogP contribution >= 0.6 is 11.3 Å². The molecule has 118 valence electrons. The molecule has 3 aromatic rings. The molecule has 2 aromatic heterocycles. The topological polar surface area (TPSA) is 47.8 Å². The Labute approximate surface area is 132 Å². The molecule has 0 fully saturated rings. The minimum Gasteiger partial charge on any atom is -0.266 e. The number of aromatic nitrogens is 3. The highest BCUT2D eigenvalue weighted by molar-refractivity contribution is 7.14. The zero-order valence-electron chi connectivity index (χ0n) is 11.6. The first-order valence-electron chi connectivity index (χ1n) is 6.58. The lowest BCUT2D eigenvalue weighted by atomic mass is 10.1. The molecule has 0 aliphatic carbocycles. The Morgan fingerprint density at radius 1 is 1.13 bits per heavy atom. The SMILES string of the molecule is O=c1cnc(-c2csc(-c3ccccc3)c2)nn1CC(F)(F)F. The normalized spacial score (nSPS) is 11.6. The van der Waals surface area contributed by atoms with Gasteiger partial charge in [-0.25, -0.2) is 9.67 Å². The monoisotopic (exact) mass is 337 g/mol. The molecule has 0 saturated heterocycles. The van der Waals surface area contributed by atoms with E-state index in [0.717, 1.165) is 16.6 Å². The summed E-state index contributed by atoms with van der Waals surface area (Å²) in [6.07, 6.45) is -3.66. The summed E-state index contributed by atoms with van der Waals surface area (Å²) in [7, 11) is 0. The number of hydrogen-bond acceptors (Lipinski definition) is 4. The van der Waals surface area contributed by atoms with E-state index >= 15 is 0 Å². The van der Waals surface area contributed by atoms with Gasteiger partial charge in [0.2, 0.25) is 0 Å². The molecule has 2 heterocycles. The average molecular weight is 337 g/mol. The van der Waals surface area contributed by atoms with E-state index in [-0.39, 0.29) is 5.82 Å². The van der Waals surface area contributed by atoms with Crippen molar-refractivity contribution in [2.24, 2.45) is 0 Å². The molecule has 0 unspecified atom stereocenters. The highest BCUT2D eigenvalue weighted by atomic mass is 32.1. The molecular weight excluding hydrogens is 327 g/mol. The largest absolute Gasteiger partial charge is 0.408 e. The highest BCUT2D eigenvalue weighted by Gasteiger charge is 2.29. The van der Waals surface area contributed by atoms with Gasteiger partial charge in [-0.15, -0.1) is 16.4 Å². The average Bonchev–Trinajstić information content (AvgIpc) is 2.99. The van der Waals surface area contributed by atoms with Crippen molar-refractivity contribution in [1.29, 1.82) is 0 Å². The van der Waals surface area contributed by atoms with Crippen LogP contribution in [0.25, 0.3) is 21.8 Å². The molecule has 0 bridgehead atoms. The minimum absolute atomic E-state index is 0.0901. The van der Waals surface area contributed by atoms with Crippen LogP contribution in [0.1, 0.15) is 0 Å². The highest BCUT2D eigenvalue weighted by Crippen LogP contribution is 2.30. The van der Waals surface area contributed by atoms with Gasteiger partial charge in [0.05, 0.1) is 6.20 Å². The van der Waals surface area contributed by atoms with Gasteiger partial charge in [-0.1, -0.05) is 30.3 Å². The predicted molar refractivity (Wildman–Crippen MR) is 81.1 cm³/mol. The molecule has 0 saturated carbocycles. The second-order valence-corrected chi connectivity index (χ2v) is 5.67. The maximum absolute atomic E-state index is 12.5. The lowest BCUT2D eigenvalue weighted by Gasteiger charge is -2.08.